The van der Waals surface area contributed by atoms with Crippen LogP contribution in [0.2, 0.25) is 0 Å². The fraction of sp³-hybridized carbons (Fsp3) is 0.467. The second-order valence-corrected chi connectivity index (χ2v) is 13.7. The third-order valence-corrected chi connectivity index (χ3v) is 11.6. The minimum absolute atomic E-state index is 0.0562. The number of hydrogen-bond donors (Lipinski definition) is 0. The van der Waals surface area contributed by atoms with Crippen molar-refractivity contribution in [1.82, 2.24) is 9.55 Å². The van der Waals surface area contributed by atoms with E-state index in [4.69, 9.17) is 4.98 Å². The maximum Gasteiger partial charge on any atom is 0.241 e. The number of carbonyl (C=O) groups excluding carboxylic acids is 3. The molecule has 1 aromatic carbocycles. The summed E-state index contributed by atoms with van der Waals surface area (Å²) < 4.78 is 3.86. The molecule has 6 nitrogen and oxygen atoms in total. The van der Waals surface area contributed by atoms with E-state index in [1.54, 1.807) is 0 Å². The SMILES string of the molecule is O=C1[C@@H]2[C@H](C(=O)N1c1ccc3nc(SCC(=O)n4c5c(c6c4CCCC6)CCCC5)sc3c1)[C@H]1C=C[C@H]2C1. The van der Waals surface area contributed by atoms with Crippen LogP contribution in [0.15, 0.2) is 34.7 Å². The van der Waals surface area contributed by atoms with Gasteiger partial charge < -0.3 is 0 Å². The Morgan fingerprint density at radius 3 is 2.21 bits per heavy atom. The molecule has 2 fully saturated rings. The van der Waals surface area contributed by atoms with Crippen LogP contribution >= 0.6 is 23.1 Å². The summed E-state index contributed by atoms with van der Waals surface area (Å²) in [7, 11) is 0. The van der Waals surface area contributed by atoms with Gasteiger partial charge in [-0.05, 0) is 98.9 Å². The van der Waals surface area contributed by atoms with Crippen molar-refractivity contribution in [2.45, 2.75) is 62.1 Å². The fourth-order valence-corrected chi connectivity index (χ4v) is 9.78. The van der Waals surface area contributed by atoms with Gasteiger partial charge in [0.25, 0.3) is 0 Å². The summed E-state index contributed by atoms with van der Waals surface area (Å²) in [6.45, 7) is 0. The maximum atomic E-state index is 13.5. The van der Waals surface area contributed by atoms with Crippen LogP contribution in [-0.4, -0.2) is 33.0 Å². The summed E-state index contributed by atoms with van der Waals surface area (Å²) in [4.78, 5) is 46.2. The molecule has 5 aliphatic rings. The quantitative estimate of drug-likeness (QED) is 0.243. The third-order valence-electron chi connectivity index (χ3n) is 9.43. The van der Waals surface area contributed by atoms with E-state index < -0.39 is 0 Å². The summed E-state index contributed by atoms with van der Waals surface area (Å²) >= 11 is 3.03. The second-order valence-electron chi connectivity index (χ2n) is 11.4. The highest BCUT2D eigenvalue weighted by molar-refractivity contribution is 8.01. The number of benzene rings is 1. The number of allylic oxidation sites excluding steroid dienone is 2. The zero-order valence-electron chi connectivity index (χ0n) is 21.2. The van der Waals surface area contributed by atoms with E-state index in [9.17, 15) is 14.4 Å². The Morgan fingerprint density at radius 2 is 1.55 bits per heavy atom. The Bertz CT molecular complexity index is 1500. The lowest BCUT2D eigenvalue weighted by molar-refractivity contribution is -0.123. The van der Waals surface area contributed by atoms with Crippen molar-refractivity contribution in [1.29, 1.82) is 0 Å². The smallest absolute Gasteiger partial charge is 0.241 e. The van der Waals surface area contributed by atoms with Gasteiger partial charge in [-0.2, -0.15) is 0 Å². The summed E-state index contributed by atoms with van der Waals surface area (Å²) in [5.74, 6) is 0.431. The zero-order chi connectivity index (χ0) is 25.5. The summed E-state index contributed by atoms with van der Waals surface area (Å²) in [6.07, 6.45) is 14.2. The molecule has 0 unspecified atom stereocenters. The normalized spacial score (nSPS) is 27.3. The molecule has 1 saturated carbocycles. The predicted octanol–water partition coefficient (Wildman–Crippen LogP) is 5.60. The standard InChI is InChI=1S/C30H29N3O3S2/c34-25(33-22-7-3-1-5-19(22)20-6-2-4-8-23(20)33)15-37-30-31-21-12-11-18(14-24(21)38-30)32-28(35)26-16-9-10-17(13-16)27(26)29(32)36/h9-12,14,16-17,26-27H,1-8,13,15H2/t16-,17-,26-,27+/m0/s1. The Balaban J connectivity index is 1.03. The Kier molecular flexibility index (Phi) is 5.28. The van der Waals surface area contributed by atoms with E-state index in [1.807, 2.05) is 18.2 Å². The topological polar surface area (TPSA) is 72.3 Å². The zero-order valence-corrected chi connectivity index (χ0v) is 22.8. The van der Waals surface area contributed by atoms with Crippen molar-refractivity contribution in [2.24, 2.45) is 23.7 Å². The molecule has 1 aliphatic heterocycles. The van der Waals surface area contributed by atoms with Gasteiger partial charge in [-0.1, -0.05) is 23.9 Å². The number of thioether (sulfide) groups is 1. The molecule has 1 saturated heterocycles. The third kappa shape index (κ3) is 3.32. The molecule has 8 heteroatoms. The average molecular weight is 544 g/mol. The minimum atomic E-state index is -0.197. The summed E-state index contributed by atoms with van der Waals surface area (Å²) in [5, 5.41) is 0. The largest absolute Gasteiger partial charge is 0.287 e. The number of amides is 2. The number of fused-ring (bicyclic) bond motifs is 9. The van der Waals surface area contributed by atoms with Gasteiger partial charge in [0.05, 0.1) is 33.5 Å². The van der Waals surface area contributed by atoms with Crippen molar-refractivity contribution in [2.75, 3.05) is 10.7 Å². The molecule has 38 heavy (non-hydrogen) atoms. The molecule has 0 N–H and O–H groups in total. The molecular formula is C30H29N3O3S2. The number of carbonyl (C=O) groups is 3. The number of thiazole rings is 1. The molecule has 194 valence electrons. The molecule has 4 aliphatic carbocycles. The van der Waals surface area contributed by atoms with E-state index in [-0.39, 0.29) is 41.4 Å². The van der Waals surface area contributed by atoms with E-state index in [2.05, 4.69) is 16.7 Å². The number of hydrogen-bond acceptors (Lipinski definition) is 6. The number of rotatable bonds is 4. The van der Waals surface area contributed by atoms with Crippen LogP contribution < -0.4 is 4.90 Å². The van der Waals surface area contributed by atoms with Crippen LogP contribution in [0, 0.1) is 23.7 Å². The van der Waals surface area contributed by atoms with E-state index >= 15 is 0 Å². The number of imide groups is 1. The van der Waals surface area contributed by atoms with E-state index in [1.165, 1.54) is 63.4 Å². The van der Waals surface area contributed by atoms with Crippen LogP contribution in [0.4, 0.5) is 5.69 Å². The molecule has 2 aromatic heterocycles. The minimum Gasteiger partial charge on any atom is -0.287 e. The predicted molar refractivity (Wildman–Crippen MR) is 149 cm³/mol. The van der Waals surface area contributed by atoms with Crippen molar-refractivity contribution in [3.05, 3.63) is 52.9 Å². The number of nitrogens with zero attached hydrogens (tertiary/aromatic N) is 3. The van der Waals surface area contributed by atoms with Gasteiger partial charge in [0, 0.05) is 11.4 Å². The van der Waals surface area contributed by atoms with Crippen LogP contribution in [0.25, 0.3) is 10.2 Å². The second kappa shape index (κ2) is 8.65. The van der Waals surface area contributed by atoms with Gasteiger partial charge in [0.2, 0.25) is 17.7 Å². The first kappa shape index (κ1) is 23.2. The molecule has 4 atom stereocenters. The highest BCUT2D eigenvalue weighted by Gasteiger charge is 2.59. The molecule has 8 rings (SSSR count). The summed E-state index contributed by atoms with van der Waals surface area (Å²) in [6, 6.07) is 5.66. The number of aromatic nitrogens is 2. The average Bonchev–Trinajstić information content (AvgIpc) is 3.74. The van der Waals surface area contributed by atoms with Crippen molar-refractivity contribution >= 4 is 56.7 Å². The van der Waals surface area contributed by atoms with Crippen LogP contribution in [0.5, 0.6) is 0 Å². The Labute approximate surface area is 229 Å². The fourth-order valence-electron chi connectivity index (χ4n) is 7.82. The van der Waals surface area contributed by atoms with Gasteiger partial charge in [0.1, 0.15) is 0 Å². The van der Waals surface area contributed by atoms with Crippen LogP contribution in [0.1, 0.15) is 59.4 Å². The summed E-state index contributed by atoms with van der Waals surface area (Å²) in [5.41, 5.74) is 6.97. The van der Waals surface area contributed by atoms with Gasteiger partial charge in [-0.3, -0.25) is 19.0 Å². The van der Waals surface area contributed by atoms with Crippen LogP contribution in [0.3, 0.4) is 0 Å². The van der Waals surface area contributed by atoms with Crippen molar-refractivity contribution in [3.8, 4) is 0 Å². The van der Waals surface area contributed by atoms with Gasteiger partial charge in [-0.15, -0.1) is 11.3 Å². The molecule has 0 radical (unpaired) electrons. The molecule has 2 amide bonds. The molecule has 0 spiro atoms. The molecular weight excluding hydrogens is 514 g/mol. The lowest BCUT2D eigenvalue weighted by Gasteiger charge is -2.17. The Hall–Kier alpha value is -2.71. The first-order valence-corrected chi connectivity index (χ1v) is 15.8. The first-order valence-electron chi connectivity index (χ1n) is 14.0. The molecule has 3 heterocycles. The van der Waals surface area contributed by atoms with Crippen LogP contribution in [-0.2, 0) is 35.3 Å². The Morgan fingerprint density at radius 1 is 0.921 bits per heavy atom. The van der Waals surface area contributed by atoms with E-state index in [0.29, 0.717) is 11.4 Å². The van der Waals surface area contributed by atoms with Gasteiger partial charge >= 0.3 is 0 Å². The van der Waals surface area contributed by atoms with Gasteiger partial charge in [0.15, 0.2) is 4.34 Å². The lowest BCUT2D eigenvalue weighted by atomic mass is 9.85. The first-order chi connectivity index (χ1) is 18.6. The van der Waals surface area contributed by atoms with Crippen molar-refractivity contribution in [3.63, 3.8) is 0 Å². The highest BCUT2D eigenvalue weighted by atomic mass is 32.2. The number of anilines is 1. The highest BCUT2D eigenvalue weighted by Crippen LogP contribution is 2.53. The maximum absolute atomic E-state index is 13.5. The lowest BCUT2D eigenvalue weighted by Crippen LogP contribution is -2.32. The monoisotopic (exact) mass is 543 g/mol. The molecule has 2 bridgehead atoms. The van der Waals surface area contributed by atoms with E-state index in [0.717, 1.165) is 59.5 Å². The van der Waals surface area contributed by atoms with Crippen molar-refractivity contribution < 1.29 is 14.4 Å². The van der Waals surface area contributed by atoms with Gasteiger partial charge in [-0.25, -0.2) is 9.88 Å². The molecule has 3 aromatic rings.